The minimum atomic E-state index is -0.854. The number of pyridine rings is 1. The van der Waals surface area contributed by atoms with Crippen molar-refractivity contribution in [2.75, 3.05) is 5.32 Å². The number of hydrogen-bond acceptors (Lipinski definition) is 8. The van der Waals surface area contributed by atoms with Crippen molar-refractivity contribution >= 4 is 44.1 Å². The molecule has 40 heavy (non-hydrogen) atoms. The SMILES string of the molecule is Cn1cc2cc(Nc3nc(=O)n(Cc4cc5ccsc5[nH]c4=O)c(=O)n3Cc3ccc(F)c(C#N)c3)ccc2n1. The Hall–Kier alpha value is -5.35. The summed E-state index contributed by atoms with van der Waals surface area (Å²) in [7, 11) is 1.80. The molecule has 0 atom stereocenters. The number of anilines is 2. The lowest BCUT2D eigenvalue weighted by atomic mass is 10.1. The number of nitrogens with zero attached hydrogens (tertiary/aromatic N) is 6. The Morgan fingerprint density at radius 2 is 1.90 bits per heavy atom. The first-order valence-corrected chi connectivity index (χ1v) is 12.9. The summed E-state index contributed by atoms with van der Waals surface area (Å²) in [6.45, 7) is -0.432. The zero-order valence-electron chi connectivity index (χ0n) is 20.9. The lowest BCUT2D eigenvalue weighted by Crippen LogP contribution is -2.43. The summed E-state index contributed by atoms with van der Waals surface area (Å²) in [6, 6.07) is 14.5. The standard InChI is InChI=1S/C27H19FN8O3S/c1-34-13-18-10-20(3-5-22(18)33-34)30-25-32-26(38)36(14-19-9-16-6-7-40-24(16)31-23(19)37)27(39)35(25)12-15-2-4-21(28)17(8-15)11-29/h2-10,13H,12,14H2,1H3,(H,31,37)(H,30,32,38). The van der Waals surface area contributed by atoms with Crippen LogP contribution in [0.25, 0.3) is 21.1 Å². The van der Waals surface area contributed by atoms with Crippen molar-refractivity contribution in [1.82, 2.24) is 28.9 Å². The molecule has 0 saturated carbocycles. The third-order valence-corrected chi connectivity index (χ3v) is 7.24. The first-order valence-electron chi connectivity index (χ1n) is 12.0. The lowest BCUT2D eigenvalue weighted by molar-refractivity contribution is 0.585. The largest absolute Gasteiger partial charge is 0.355 e. The highest BCUT2D eigenvalue weighted by atomic mass is 32.1. The first-order chi connectivity index (χ1) is 19.3. The number of halogens is 1. The highest BCUT2D eigenvalue weighted by Gasteiger charge is 2.17. The molecule has 13 heteroatoms. The molecular weight excluding hydrogens is 535 g/mol. The lowest BCUT2D eigenvalue weighted by Gasteiger charge is -2.16. The second kappa shape index (κ2) is 9.75. The predicted molar refractivity (Wildman–Crippen MR) is 149 cm³/mol. The molecule has 0 unspecified atom stereocenters. The number of benzene rings is 2. The van der Waals surface area contributed by atoms with Gasteiger partial charge in [0.2, 0.25) is 5.95 Å². The Balaban J connectivity index is 1.46. The molecule has 11 nitrogen and oxygen atoms in total. The molecule has 198 valence electrons. The molecule has 4 heterocycles. The predicted octanol–water partition coefficient (Wildman–Crippen LogP) is 3.05. The molecule has 6 aromatic rings. The maximum atomic E-state index is 14.0. The summed E-state index contributed by atoms with van der Waals surface area (Å²) in [5.41, 5.74) is -0.224. The van der Waals surface area contributed by atoms with Gasteiger partial charge in [0, 0.05) is 35.3 Å². The summed E-state index contributed by atoms with van der Waals surface area (Å²) in [5.74, 6) is -0.743. The Labute approximate surface area is 228 Å². The van der Waals surface area contributed by atoms with Crippen LogP contribution >= 0.6 is 11.3 Å². The second-order valence-electron chi connectivity index (χ2n) is 9.13. The van der Waals surface area contributed by atoms with Gasteiger partial charge in [-0.05, 0) is 53.4 Å². The quantitative estimate of drug-likeness (QED) is 0.322. The molecular formula is C27H19FN8O3S. The number of fused-ring (bicyclic) bond motifs is 2. The van der Waals surface area contributed by atoms with E-state index in [1.807, 2.05) is 17.6 Å². The highest BCUT2D eigenvalue weighted by molar-refractivity contribution is 7.16. The van der Waals surface area contributed by atoms with Gasteiger partial charge in [-0.2, -0.15) is 15.3 Å². The van der Waals surface area contributed by atoms with Gasteiger partial charge in [0.15, 0.2) is 0 Å². The van der Waals surface area contributed by atoms with Crippen LogP contribution in [0.4, 0.5) is 16.0 Å². The molecule has 2 aromatic carbocycles. The molecule has 0 aliphatic rings. The van der Waals surface area contributed by atoms with Crippen LogP contribution in [0.5, 0.6) is 0 Å². The molecule has 0 radical (unpaired) electrons. The van der Waals surface area contributed by atoms with Crippen LogP contribution in [-0.2, 0) is 20.1 Å². The van der Waals surface area contributed by atoms with Gasteiger partial charge in [-0.25, -0.2) is 18.5 Å². The fourth-order valence-electron chi connectivity index (χ4n) is 4.46. The minimum absolute atomic E-state index is 0.0560. The van der Waals surface area contributed by atoms with Crippen molar-refractivity contribution in [2.24, 2.45) is 7.05 Å². The van der Waals surface area contributed by atoms with E-state index in [0.717, 1.165) is 26.9 Å². The maximum Gasteiger partial charge on any atom is 0.355 e. The Bertz CT molecular complexity index is 2170. The number of nitrogens with one attached hydrogen (secondary N) is 2. The number of aromatic amines is 1. The van der Waals surface area contributed by atoms with E-state index in [1.54, 1.807) is 42.1 Å². The van der Waals surface area contributed by atoms with Crippen LogP contribution in [0.3, 0.4) is 0 Å². The normalized spacial score (nSPS) is 11.2. The van der Waals surface area contributed by atoms with Gasteiger partial charge in [-0.3, -0.25) is 14.0 Å². The Kier molecular flexibility index (Phi) is 6.08. The van der Waals surface area contributed by atoms with E-state index < -0.39 is 22.8 Å². The molecule has 0 aliphatic carbocycles. The average molecular weight is 555 g/mol. The Morgan fingerprint density at radius 3 is 2.73 bits per heavy atom. The molecule has 0 fully saturated rings. The molecule has 0 saturated heterocycles. The average Bonchev–Trinajstić information content (AvgIpc) is 3.54. The number of nitriles is 1. The molecule has 4 aromatic heterocycles. The van der Waals surface area contributed by atoms with Crippen molar-refractivity contribution in [3.63, 3.8) is 0 Å². The van der Waals surface area contributed by atoms with E-state index in [9.17, 15) is 24.0 Å². The van der Waals surface area contributed by atoms with E-state index in [4.69, 9.17) is 0 Å². The summed E-state index contributed by atoms with van der Waals surface area (Å²) in [4.78, 5) is 47.1. The zero-order valence-corrected chi connectivity index (χ0v) is 21.7. The third kappa shape index (κ3) is 4.56. The topological polar surface area (TPSA) is 143 Å². The summed E-state index contributed by atoms with van der Waals surface area (Å²) in [5, 5.41) is 20.1. The van der Waals surface area contributed by atoms with Gasteiger partial charge in [0.25, 0.3) is 5.56 Å². The van der Waals surface area contributed by atoms with Gasteiger partial charge < -0.3 is 10.3 Å². The van der Waals surface area contributed by atoms with Gasteiger partial charge in [0.1, 0.15) is 16.7 Å². The van der Waals surface area contributed by atoms with E-state index in [2.05, 4.69) is 20.4 Å². The second-order valence-corrected chi connectivity index (χ2v) is 10.0. The molecule has 0 spiro atoms. The fourth-order valence-corrected chi connectivity index (χ4v) is 5.22. The smallest absolute Gasteiger partial charge is 0.325 e. The fraction of sp³-hybridized carbons (Fsp3) is 0.111. The number of aromatic nitrogens is 6. The van der Waals surface area contributed by atoms with Crippen molar-refractivity contribution in [3.8, 4) is 6.07 Å². The molecule has 0 aliphatic heterocycles. The highest BCUT2D eigenvalue weighted by Crippen LogP contribution is 2.21. The number of H-pyrrole nitrogens is 1. The van der Waals surface area contributed by atoms with Crippen molar-refractivity contribution < 1.29 is 4.39 Å². The van der Waals surface area contributed by atoms with E-state index in [-0.39, 0.29) is 30.2 Å². The van der Waals surface area contributed by atoms with Crippen LogP contribution in [0.15, 0.2) is 74.5 Å². The monoisotopic (exact) mass is 554 g/mol. The maximum absolute atomic E-state index is 14.0. The number of hydrogen-bond donors (Lipinski definition) is 2. The molecule has 2 N–H and O–H groups in total. The van der Waals surface area contributed by atoms with Crippen molar-refractivity contribution in [2.45, 2.75) is 13.1 Å². The van der Waals surface area contributed by atoms with Crippen LogP contribution < -0.4 is 22.3 Å². The van der Waals surface area contributed by atoms with Crippen LogP contribution in [0.1, 0.15) is 16.7 Å². The number of rotatable bonds is 6. The van der Waals surface area contributed by atoms with Gasteiger partial charge in [-0.1, -0.05) is 6.07 Å². The number of aryl methyl sites for hydroxylation is 1. The first kappa shape index (κ1) is 25.0. The third-order valence-electron chi connectivity index (χ3n) is 6.39. The summed E-state index contributed by atoms with van der Waals surface area (Å²) in [6.07, 6.45) is 1.82. The van der Waals surface area contributed by atoms with Crippen molar-refractivity contribution in [3.05, 3.63) is 114 Å². The van der Waals surface area contributed by atoms with E-state index >= 15 is 0 Å². The van der Waals surface area contributed by atoms with E-state index in [1.165, 1.54) is 28.0 Å². The number of thiophene rings is 1. The summed E-state index contributed by atoms with van der Waals surface area (Å²) >= 11 is 1.37. The van der Waals surface area contributed by atoms with Gasteiger partial charge in [0.05, 0.1) is 24.2 Å². The van der Waals surface area contributed by atoms with Crippen LogP contribution in [0.2, 0.25) is 0 Å². The molecule has 6 rings (SSSR count). The summed E-state index contributed by atoms with van der Waals surface area (Å²) < 4.78 is 17.7. The van der Waals surface area contributed by atoms with Crippen LogP contribution in [0, 0.1) is 17.1 Å². The molecule has 0 amide bonds. The van der Waals surface area contributed by atoms with Crippen LogP contribution in [-0.4, -0.2) is 28.9 Å². The Morgan fingerprint density at radius 1 is 1.05 bits per heavy atom. The van der Waals surface area contributed by atoms with Crippen molar-refractivity contribution in [1.29, 1.82) is 5.26 Å². The van der Waals surface area contributed by atoms with E-state index in [0.29, 0.717) is 16.1 Å². The minimum Gasteiger partial charge on any atom is -0.325 e. The van der Waals surface area contributed by atoms with Gasteiger partial charge in [-0.15, -0.1) is 11.3 Å². The van der Waals surface area contributed by atoms with Gasteiger partial charge >= 0.3 is 11.4 Å². The zero-order chi connectivity index (χ0) is 28.0. The molecule has 0 bridgehead atoms.